The van der Waals surface area contributed by atoms with Gasteiger partial charge < -0.3 is 5.32 Å². The molecule has 0 aromatic heterocycles. The average Bonchev–Trinajstić information content (AvgIpc) is 2.32. The molecule has 1 aromatic carbocycles. The molecule has 3 heteroatoms. The first kappa shape index (κ1) is 16.3. The van der Waals surface area contributed by atoms with E-state index in [1.807, 2.05) is 6.07 Å². The van der Waals surface area contributed by atoms with Crippen LogP contribution in [0.1, 0.15) is 51.6 Å². The second kappa shape index (κ2) is 8.39. The van der Waals surface area contributed by atoms with Gasteiger partial charge in [-0.2, -0.15) is 0 Å². The Balaban J connectivity index is 2.85. The lowest BCUT2D eigenvalue weighted by molar-refractivity contribution is 0.394. The molecule has 0 saturated heterocycles. The number of nitrogens with one attached hydrogen (secondary N) is 1. The second-order valence-corrected chi connectivity index (χ2v) is 6.50. The Bertz CT molecular complexity index is 368. The van der Waals surface area contributed by atoms with E-state index < -0.39 is 0 Å². The highest BCUT2D eigenvalue weighted by Gasteiger charge is 2.16. The lowest BCUT2D eigenvalue weighted by atomic mass is 9.93. The van der Waals surface area contributed by atoms with E-state index in [4.69, 9.17) is 11.6 Å². The normalized spacial score (nSPS) is 14.5. The SMILES string of the molecule is CCCC(C)CC(NCC)c1cc(Cl)ccc1I. The zero-order valence-corrected chi connectivity index (χ0v) is 14.4. The number of halogens is 2. The van der Waals surface area contributed by atoms with Crippen LogP contribution in [0.4, 0.5) is 0 Å². The molecule has 0 amide bonds. The molecular weight excluding hydrogens is 357 g/mol. The minimum absolute atomic E-state index is 0.419. The minimum Gasteiger partial charge on any atom is -0.310 e. The van der Waals surface area contributed by atoms with E-state index in [1.165, 1.54) is 28.4 Å². The van der Waals surface area contributed by atoms with Crippen molar-refractivity contribution in [2.75, 3.05) is 6.54 Å². The molecule has 0 aliphatic carbocycles. The molecule has 0 fully saturated rings. The van der Waals surface area contributed by atoms with Crippen LogP contribution in [0, 0.1) is 9.49 Å². The van der Waals surface area contributed by atoms with Gasteiger partial charge in [0.05, 0.1) is 0 Å². The Morgan fingerprint density at radius 3 is 2.67 bits per heavy atom. The summed E-state index contributed by atoms with van der Waals surface area (Å²) in [5, 5.41) is 4.42. The maximum absolute atomic E-state index is 6.13. The lowest BCUT2D eigenvalue weighted by Crippen LogP contribution is -2.23. The average molecular weight is 380 g/mol. The van der Waals surface area contributed by atoms with Gasteiger partial charge in [0.15, 0.2) is 0 Å². The number of hydrogen-bond donors (Lipinski definition) is 1. The zero-order chi connectivity index (χ0) is 13.5. The van der Waals surface area contributed by atoms with E-state index in [0.29, 0.717) is 6.04 Å². The molecule has 0 saturated carbocycles. The van der Waals surface area contributed by atoms with Crippen molar-refractivity contribution in [1.29, 1.82) is 0 Å². The van der Waals surface area contributed by atoms with Crippen LogP contribution in [-0.2, 0) is 0 Å². The van der Waals surface area contributed by atoms with Crippen molar-refractivity contribution in [2.45, 2.75) is 46.1 Å². The molecule has 1 N–H and O–H groups in total. The van der Waals surface area contributed by atoms with Crippen LogP contribution >= 0.6 is 34.2 Å². The third-order valence-electron chi connectivity index (χ3n) is 3.20. The van der Waals surface area contributed by atoms with E-state index in [1.54, 1.807) is 0 Å². The van der Waals surface area contributed by atoms with Crippen molar-refractivity contribution in [3.8, 4) is 0 Å². The third-order valence-corrected chi connectivity index (χ3v) is 4.42. The van der Waals surface area contributed by atoms with Gasteiger partial charge in [-0.05, 0) is 65.2 Å². The van der Waals surface area contributed by atoms with Crippen molar-refractivity contribution in [2.24, 2.45) is 5.92 Å². The first-order chi connectivity index (χ1) is 8.58. The van der Waals surface area contributed by atoms with E-state index in [2.05, 4.69) is 60.8 Å². The predicted octanol–water partition coefficient (Wildman–Crippen LogP) is 5.42. The van der Waals surface area contributed by atoms with Crippen molar-refractivity contribution in [3.63, 3.8) is 0 Å². The van der Waals surface area contributed by atoms with Gasteiger partial charge in [-0.15, -0.1) is 0 Å². The van der Waals surface area contributed by atoms with Gasteiger partial charge >= 0.3 is 0 Å². The van der Waals surface area contributed by atoms with E-state index >= 15 is 0 Å². The standard InChI is InChI=1S/C15H23ClIN/c1-4-6-11(3)9-15(18-5-2)13-10-12(16)7-8-14(13)17/h7-8,10-11,15,18H,4-6,9H2,1-3H3. The molecule has 0 aliphatic rings. The Hall–Kier alpha value is 0.200. The summed E-state index contributed by atoms with van der Waals surface area (Å²) in [6, 6.07) is 6.59. The molecule has 0 heterocycles. The molecule has 1 rings (SSSR count). The largest absolute Gasteiger partial charge is 0.310 e. The van der Waals surface area contributed by atoms with Crippen molar-refractivity contribution in [1.82, 2.24) is 5.32 Å². The van der Waals surface area contributed by atoms with Gasteiger partial charge in [-0.1, -0.05) is 45.2 Å². The van der Waals surface area contributed by atoms with Crippen molar-refractivity contribution >= 4 is 34.2 Å². The Labute approximate surface area is 130 Å². The summed E-state index contributed by atoms with van der Waals surface area (Å²) in [5.41, 5.74) is 1.34. The molecule has 2 unspecified atom stereocenters. The van der Waals surface area contributed by atoms with Crippen molar-refractivity contribution < 1.29 is 0 Å². The van der Waals surface area contributed by atoms with E-state index in [9.17, 15) is 0 Å². The summed E-state index contributed by atoms with van der Waals surface area (Å²) in [5.74, 6) is 0.744. The van der Waals surface area contributed by atoms with Crippen LogP contribution in [0.2, 0.25) is 5.02 Å². The summed E-state index contributed by atoms with van der Waals surface area (Å²) in [6.07, 6.45) is 3.73. The van der Waals surface area contributed by atoms with Gasteiger partial charge in [0.2, 0.25) is 0 Å². The monoisotopic (exact) mass is 379 g/mol. The highest BCUT2D eigenvalue weighted by Crippen LogP contribution is 2.29. The van der Waals surface area contributed by atoms with Crippen LogP contribution in [0.15, 0.2) is 18.2 Å². The second-order valence-electron chi connectivity index (χ2n) is 4.91. The first-order valence-corrected chi connectivity index (χ1v) is 8.22. The number of hydrogen-bond acceptors (Lipinski definition) is 1. The fourth-order valence-electron chi connectivity index (χ4n) is 2.36. The molecule has 0 spiro atoms. The molecule has 0 bridgehead atoms. The quantitative estimate of drug-likeness (QED) is 0.624. The highest BCUT2D eigenvalue weighted by molar-refractivity contribution is 14.1. The smallest absolute Gasteiger partial charge is 0.0410 e. The molecule has 1 nitrogen and oxygen atoms in total. The number of rotatable bonds is 7. The van der Waals surface area contributed by atoms with E-state index in [0.717, 1.165) is 17.5 Å². The first-order valence-electron chi connectivity index (χ1n) is 6.76. The van der Waals surface area contributed by atoms with Crippen LogP contribution in [0.5, 0.6) is 0 Å². The summed E-state index contributed by atoms with van der Waals surface area (Å²) in [4.78, 5) is 0. The minimum atomic E-state index is 0.419. The Morgan fingerprint density at radius 1 is 1.33 bits per heavy atom. The molecule has 0 radical (unpaired) electrons. The maximum atomic E-state index is 6.13. The molecule has 102 valence electrons. The van der Waals surface area contributed by atoms with Crippen LogP contribution in [-0.4, -0.2) is 6.54 Å². The lowest BCUT2D eigenvalue weighted by Gasteiger charge is -2.23. The Kier molecular flexibility index (Phi) is 7.57. The van der Waals surface area contributed by atoms with Gasteiger partial charge in [0.25, 0.3) is 0 Å². The Morgan fingerprint density at radius 2 is 2.06 bits per heavy atom. The van der Waals surface area contributed by atoms with Gasteiger partial charge in [-0.25, -0.2) is 0 Å². The molecular formula is C15H23ClIN. The summed E-state index contributed by atoms with van der Waals surface area (Å²) in [7, 11) is 0. The van der Waals surface area contributed by atoms with Crippen LogP contribution in [0.25, 0.3) is 0 Å². The third kappa shape index (κ3) is 5.06. The molecule has 18 heavy (non-hydrogen) atoms. The summed E-state index contributed by atoms with van der Waals surface area (Å²) in [6.45, 7) is 7.74. The van der Waals surface area contributed by atoms with E-state index in [-0.39, 0.29) is 0 Å². The summed E-state index contributed by atoms with van der Waals surface area (Å²) >= 11 is 8.53. The summed E-state index contributed by atoms with van der Waals surface area (Å²) < 4.78 is 1.30. The zero-order valence-electron chi connectivity index (χ0n) is 11.5. The van der Waals surface area contributed by atoms with Gasteiger partial charge in [0, 0.05) is 14.6 Å². The molecule has 0 aliphatic heterocycles. The van der Waals surface area contributed by atoms with Gasteiger partial charge in [-0.3, -0.25) is 0 Å². The van der Waals surface area contributed by atoms with Crippen LogP contribution in [0.3, 0.4) is 0 Å². The number of benzene rings is 1. The van der Waals surface area contributed by atoms with Gasteiger partial charge in [0.1, 0.15) is 0 Å². The highest BCUT2D eigenvalue weighted by atomic mass is 127. The van der Waals surface area contributed by atoms with Crippen LogP contribution < -0.4 is 5.32 Å². The topological polar surface area (TPSA) is 12.0 Å². The van der Waals surface area contributed by atoms with Crippen molar-refractivity contribution in [3.05, 3.63) is 32.4 Å². The fourth-order valence-corrected chi connectivity index (χ4v) is 3.25. The molecule has 1 aromatic rings. The molecule has 2 atom stereocenters. The fraction of sp³-hybridized carbons (Fsp3) is 0.600. The predicted molar refractivity (Wildman–Crippen MR) is 89.3 cm³/mol. The maximum Gasteiger partial charge on any atom is 0.0410 e.